The molecule has 0 aromatic rings. The minimum Gasteiger partial charge on any atom is -0.346 e. The zero-order valence-corrected chi connectivity index (χ0v) is 9.02. The molecule has 0 saturated heterocycles. The summed E-state index contributed by atoms with van der Waals surface area (Å²) in [5.74, 6) is -0.455. The molecule has 0 radical (unpaired) electrons. The van der Waals surface area contributed by atoms with E-state index in [4.69, 9.17) is 0 Å². The second kappa shape index (κ2) is 6.66. The molecule has 6 heteroatoms. The molecule has 0 aromatic carbocycles. The second-order valence-electron chi connectivity index (χ2n) is 3.39. The van der Waals surface area contributed by atoms with Crippen LogP contribution < -0.4 is 5.32 Å². The van der Waals surface area contributed by atoms with Gasteiger partial charge in [-0.2, -0.15) is 13.2 Å². The fraction of sp³-hybridized carbons (Fsp3) is 0.889. The second-order valence-corrected chi connectivity index (χ2v) is 3.39. The number of alkyl halides is 3. The van der Waals surface area contributed by atoms with Crippen LogP contribution in [0.3, 0.4) is 0 Å². The molecule has 15 heavy (non-hydrogen) atoms. The van der Waals surface area contributed by atoms with Crippen LogP contribution in [-0.4, -0.2) is 44.2 Å². The highest BCUT2D eigenvalue weighted by atomic mass is 19.4. The van der Waals surface area contributed by atoms with Crippen LogP contribution in [-0.2, 0) is 4.79 Å². The highest BCUT2D eigenvalue weighted by Gasteiger charge is 2.28. The standard InChI is InChI=1S/C9H17F3N2O/c1-13-6-3-7-14(2)8(15)4-5-9(10,11)12/h13H,3-7H2,1-2H3. The molecule has 1 N–H and O–H groups in total. The monoisotopic (exact) mass is 226 g/mol. The Balaban J connectivity index is 3.70. The largest absolute Gasteiger partial charge is 0.389 e. The summed E-state index contributed by atoms with van der Waals surface area (Å²) in [7, 11) is 3.31. The average Bonchev–Trinajstić information content (AvgIpc) is 2.13. The van der Waals surface area contributed by atoms with Crippen molar-refractivity contribution in [3.05, 3.63) is 0 Å². The van der Waals surface area contributed by atoms with Crippen LogP contribution >= 0.6 is 0 Å². The van der Waals surface area contributed by atoms with Gasteiger partial charge in [-0.3, -0.25) is 4.79 Å². The maximum absolute atomic E-state index is 11.8. The molecular formula is C9H17F3N2O. The average molecular weight is 226 g/mol. The Labute approximate surface area is 87.6 Å². The molecule has 0 aromatic heterocycles. The van der Waals surface area contributed by atoms with E-state index in [9.17, 15) is 18.0 Å². The summed E-state index contributed by atoms with van der Waals surface area (Å²) < 4.78 is 35.4. The Kier molecular flexibility index (Phi) is 6.31. The number of rotatable bonds is 6. The molecular weight excluding hydrogens is 209 g/mol. The number of nitrogens with one attached hydrogen (secondary N) is 1. The van der Waals surface area contributed by atoms with Gasteiger partial charge >= 0.3 is 6.18 Å². The van der Waals surface area contributed by atoms with Crippen LogP contribution in [0.2, 0.25) is 0 Å². The molecule has 3 nitrogen and oxygen atoms in total. The molecule has 0 aliphatic rings. The van der Waals surface area contributed by atoms with E-state index in [0.29, 0.717) is 6.54 Å². The van der Waals surface area contributed by atoms with Crippen molar-refractivity contribution >= 4 is 5.91 Å². The van der Waals surface area contributed by atoms with Crippen molar-refractivity contribution in [3.63, 3.8) is 0 Å². The van der Waals surface area contributed by atoms with E-state index in [2.05, 4.69) is 5.32 Å². The summed E-state index contributed by atoms with van der Waals surface area (Å²) in [4.78, 5) is 12.5. The van der Waals surface area contributed by atoms with E-state index in [-0.39, 0.29) is 0 Å². The highest BCUT2D eigenvalue weighted by molar-refractivity contribution is 5.75. The molecule has 0 saturated carbocycles. The molecule has 0 aliphatic heterocycles. The van der Waals surface area contributed by atoms with E-state index >= 15 is 0 Å². The lowest BCUT2D eigenvalue weighted by molar-refractivity contribution is -0.148. The molecule has 0 fully saturated rings. The molecule has 0 atom stereocenters. The topological polar surface area (TPSA) is 32.3 Å². The summed E-state index contributed by atoms with van der Waals surface area (Å²) >= 11 is 0. The lowest BCUT2D eigenvalue weighted by Crippen LogP contribution is -2.30. The van der Waals surface area contributed by atoms with Crippen molar-refractivity contribution in [1.29, 1.82) is 0 Å². The summed E-state index contributed by atoms with van der Waals surface area (Å²) in [5, 5.41) is 2.90. The first-order valence-electron chi connectivity index (χ1n) is 4.82. The van der Waals surface area contributed by atoms with Gasteiger partial charge in [0.25, 0.3) is 0 Å². The van der Waals surface area contributed by atoms with Crippen LogP contribution in [0.1, 0.15) is 19.3 Å². The lowest BCUT2D eigenvalue weighted by atomic mass is 10.2. The summed E-state index contributed by atoms with van der Waals surface area (Å²) in [6.07, 6.45) is -5.01. The third-order valence-corrected chi connectivity index (χ3v) is 1.97. The van der Waals surface area contributed by atoms with E-state index in [1.54, 1.807) is 7.05 Å². The van der Waals surface area contributed by atoms with Gasteiger partial charge in [0.05, 0.1) is 6.42 Å². The van der Waals surface area contributed by atoms with Gasteiger partial charge in [0.15, 0.2) is 0 Å². The smallest absolute Gasteiger partial charge is 0.346 e. The third-order valence-electron chi connectivity index (χ3n) is 1.97. The minimum absolute atomic E-state index is 0.455. The SMILES string of the molecule is CNCCCN(C)C(=O)CCC(F)(F)F. The molecule has 1 amide bonds. The fourth-order valence-electron chi connectivity index (χ4n) is 1.06. The Hall–Kier alpha value is -0.780. The van der Waals surface area contributed by atoms with E-state index in [0.717, 1.165) is 13.0 Å². The van der Waals surface area contributed by atoms with Gasteiger partial charge in [-0.1, -0.05) is 0 Å². The molecule has 0 heterocycles. The van der Waals surface area contributed by atoms with Crippen LogP contribution in [0.25, 0.3) is 0 Å². The van der Waals surface area contributed by atoms with E-state index in [1.165, 1.54) is 11.9 Å². The summed E-state index contributed by atoms with van der Waals surface area (Å²) in [5.41, 5.74) is 0. The van der Waals surface area contributed by atoms with E-state index < -0.39 is 24.9 Å². The highest BCUT2D eigenvalue weighted by Crippen LogP contribution is 2.21. The van der Waals surface area contributed by atoms with E-state index in [1.807, 2.05) is 0 Å². The summed E-state index contributed by atoms with van der Waals surface area (Å²) in [6.45, 7) is 1.23. The van der Waals surface area contributed by atoms with Crippen LogP contribution in [0.5, 0.6) is 0 Å². The van der Waals surface area contributed by atoms with Crippen molar-refractivity contribution in [3.8, 4) is 0 Å². The van der Waals surface area contributed by atoms with Gasteiger partial charge in [-0.05, 0) is 20.0 Å². The van der Waals surface area contributed by atoms with Crippen molar-refractivity contribution in [2.45, 2.75) is 25.4 Å². The van der Waals surface area contributed by atoms with Crippen LogP contribution in [0.15, 0.2) is 0 Å². The number of carbonyl (C=O) groups is 1. The molecule has 0 rings (SSSR count). The Morgan fingerprint density at radius 3 is 2.47 bits per heavy atom. The van der Waals surface area contributed by atoms with Crippen molar-refractivity contribution in [2.24, 2.45) is 0 Å². The fourth-order valence-corrected chi connectivity index (χ4v) is 1.06. The maximum Gasteiger partial charge on any atom is 0.389 e. The zero-order chi connectivity index (χ0) is 11.9. The number of hydrogen-bond donors (Lipinski definition) is 1. The van der Waals surface area contributed by atoms with Gasteiger partial charge < -0.3 is 10.2 Å². The third kappa shape index (κ3) is 8.23. The van der Waals surface area contributed by atoms with Crippen molar-refractivity contribution in [1.82, 2.24) is 10.2 Å². The number of amides is 1. The minimum atomic E-state index is -4.25. The van der Waals surface area contributed by atoms with Crippen molar-refractivity contribution in [2.75, 3.05) is 27.2 Å². The van der Waals surface area contributed by atoms with Gasteiger partial charge in [-0.15, -0.1) is 0 Å². The predicted molar refractivity (Wildman–Crippen MR) is 51.5 cm³/mol. The molecule has 0 unspecified atom stereocenters. The number of nitrogens with zero attached hydrogens (tertiary/aromatic N) is 1. The molecule has 0 aliphatic carbocycles. The quantitative estimate of drug-likeness (QED) is 0.694. The first-order chi connectivity index (χ1) is 6.87. The number of hydrogen-bond acceptors (Lipinski definition) is 2. The molecule has 0 bridgehead atoms. The molecule has 0 spiro atoms. The van der Waals surface area contributed by atoms with Gasteiger partial charge in [0, 0.05) is 20.0 Å². The zero-order valence-electron chi connectivity index (χ0n) is 9.02. The maximum atomic E-state index is 11.8. The Morgan fingerprint density at radius 1 is 1.40 bits per heavy atom. The normalized spacial score (nSPS) is 11.5. The Bertz CT molecular complexity index is 194. The first-order valence-corrected chi connectivity index (χ1v) is 4.82. The van der Waals surface area contributed by atoms with Gasteiger partial charge in [0.1, 0.15) is 0 Å². The van der Waals surface area contributed by atoms with Gasteiger partial charge in [-0.25, -0.2) is 0 Å². The number of carbonyl (C=O) groups excluding carboxylic acids is 1. The first kappa shape index (κ1) is 14.2. The van der Waals surface area contributed by atoms with Crippen LogP contribution in [0, 0.1) is 0 Å². The van der Waals surface area contributed by atoms with Gasteiger partial charge in [0.2, 0.25) is 5.91 Å². The predicted octanol–water partition coefficient (Wildman–Crippen LogP) is 1.40. The lowest BCUT2D eigenvalue weighted by Gasteiger charge is -2.17. The molecule has 90 valence electrons. The number of halogens is 3. The Morgan fingerprint density at radius 2 is 2.00 bits per heavy atom. The summed E-state index contributed by atoms with van der Waals surface area (Å²) in [6, 6.07) is 0. The van der Waals surface area contributed by atoms with Crippen LogP contribution in [0.4, 0.5) is 13.2 Å². The van der Waals surface area contributed by atoms with Crippen molar-refractivity contribution < 1.29 is 18.0 Å².